The van der Waals surface area contributed by atoms with Gasteiger partial charge < -0.3 is 4.74 Å². The number of ether oxygens (including phenoxy) is 1. The third-order valence-electron chi connectivity index (χ3n) is 2.47. The molecule has 2 aromatic rings. The second-order valence-electron chi connectivity index (χ2n) is 3.75. The fourth-order valence-corrected chi connectivity index (χ4v) is 1.52. The Morgan fingerprint density at radius 3 is 1.84 bits per heavy atom. The Balaban J connectivity index is -0.000000626. The summed E-state index contributed by atoms with van der Waals surface area (Å²) < 4.78 is 27.6. The molecule has 0 atom stereocenters. The van der Waals surface area contributed by atoms with Crippen molar-refractivity contribution < 1.29 is 35.8 Å². The van der Waals surface area contributed by atoms with Gasteiger partial charge in [0.15, 0.2) is 0 Å². The van der Waals surface area contributed by atoms with Crippen molar-refractivity contribution >= 4 is 5.69 Å². The Bertz CT molecular complexity index is 566. The van der Waals surface area contributed by atoms with Crippen molar-refractivity contribution in [3.63, 3.8) is 0 Å². The molecule has 0 spiro atoms. The van der Waals surface area contributed by atoms with Gasteiger partial charge in [-0.3, -0.25) is 5.32 Å². The van der Waals surface area contributed by atoms with E-state index in [1.54, 1.807) is 13.7 Å². The van der Waals surface area contributed by atoms with Crippen molar-refractivity contribution in [1.82, 2.24) is 5.32 Å². The van der Waals surface area contributed by atoms with Crippen LogP contribution in [0.25, 0.3) is 0 Å². The summed E-state index contributed by atoms with van der Waals surface area (Å²) in [5.41, 5.74) is 2.08. The van der Waals surface area contributed by atoms with Crippen molar-refractivity contribution in [3.05, 3.63) is 99.5 Å². The van der Waals surface area contributed by atoms with E-state index in [4.69, 9.17) is 18.7 Å². The maximum absolute atomic E-state index is 7.50. The van der Waals surface area contributed by atoms with Gasteiger partial charge in [-0.05, 0) is 42.7 Å². The SMILES string of the molecule is COc1ccc([N][CH][CH][CH]c2ccccc2)cc1.[C-]#[O+].[C-]#[O+].[C-]#[O+].[Fe]. The third-order valence-corrected chi connectivity index (χ3v) is 2.47. The molecule has 0 amide bonds. The van der Waals surface area contributed by atoms with E-state index in [-0.39, 0.29) is 17.1 Å². The number of nitrogens with zero attached hydrogens (tertiary/aromatic N) is 1. The smallest absolute Gasteiger partial charge is 0 e. The average Bonchev–Trinajstić information content (AvgIpc) is 2.71. The summed E-state index contributed by atoms with van der Waals surface area (Å²) in [6.07, 6.45) is 3.95. The van der Waals surface area contributed by atoms with Gasteiger partial charge in [-0.1, -0.05) is 30.3 Å². The Hall–Kier alpha value is -2.22. The van der Waals surface area contributed by atoms with Gasteiger partial charge >= 0.3 is 33.9 Å². The molecule has 0 unspecified atom stereocenters. The zero-order chi connectivity index (χ0) is 18.6. The minimum absolute atomic E-state index is 0. The molecule has 4 radical (unpaired) electrons. The average molecular weight is 377 g/mol. The van der Waals surface area contributed by atoms with Crippen molar-refractivity contribution in [2.45, 2.75) is 0 Å². The van der Waals surface area contributed by atoms with Gasteiger partial charge in [0, 0.05) is 17.1 Å². The van der Waals surface area contributed by atoms with Crippen molar-refractivity contribution in [3.8, 4) is 5.75 Å². The van der Waals surface area contributed by atoms with Crippen LogP contribution in [0.4, 0.5) is 5.69 Å². The van der Waals surface area contributed by atoms with Crippen LogP contribution < -0.4 is 10.1 Å². The van der Waals surface area contributed by atoms with Gasteiger partial charge in [-0.25, -0.2) is 0 Å². The third kappa shape index (κ3) is 13.9. The summed E-state index contributed by atoms with van der Waals surface area (Å²) in [7, 11) is 1.65. The molecule has 0 aliphatic rings. The molecular weight excluding hydrogens is 362 g/mol. The molecule has 0 saturated heterocycles. The zero-order valence-electron chi connectivity index (χ0n) is 13.4. The molecule has 5 nitrogen and oxygen atoms in total. The molecule has 0 heterocycles. The van der Waals surface area contributed by atoms with Gasteiger partial charge in [0.25, 0.3) is 0 Å². The van der Waals surface area contributed by atoms with Crippen LogP contribution >= 0.6 is 0 Å². The normalized spacial score (nSPS) is 7.48. The van der Waals surface area contributed by atoms with Crippen molar-refractivity contribution in [2.24, 2.45) is 0 Å². The van der Waals surface area contributed by atoms with Gasteiger partial charge in [-0.2, -0.15) is 0 Å². The molecule has 128 valence electrons. The number of rotatable bonds is 6. The molecular formula is C19H15FeNO4. The van der Waals surface area contributed by atoms with Gasteiger partial charge in [0.1, 0.15) is 5.75 Å². The van der Waals surface area contributed by atoms with Crippen molar-refractivity contribution in [2.75, 3.05) is 7.11 Å². The molecule has 6 heteroatoms. The molecule has 0 fully saturated rings. The van der Waals surface area contributed by atoms with Gasteiger partial charge in [0.2, 0.25) is 0 Å². The van der Waals surface area contributed by atoms with E-state index >= 15 is 0 Å². The standard InChI is InChI=1S/C16H15NO.3CO.Fe/c1-18-16-11-9-15(10-12-16)17-13-5-8-14-6-3-2-4-7-14;3*1-2;/h2-13H,1H3;;;;. The summed E-state index contributed by atoms with van der Waals surface area (Å²) in [5, 5.41) is 4.33. The first-order valence-corrected chi connectivity index (χ1v) is 6.39. The Kier molecular flexibility index (Phi) is 24.1. The molecule has 0 aliphatic carbocycles. The summed E-state index contributed by atoms with van der Waals surface area (Å²) in [4.78, 5) is 0. The molecule has 2 rings (SSSR count). The monoisotopic (exact) mass is 377 g/mol. The van der Waals surface area contributed by atoms with Gasteiger partial charge in [0.05, 0.1) is 19.3 Å². The summed E-state index contributed by atoms with van der Waals surface area (Å²) >= 11 is 0. The van der Waals surface area contributed by atoms with E-state index in [1.807, 2.05) is 55.3 Å². The van der Waals surface area contributed by atoms with Gasteiger partial charge in [-0.15, -0.1) is 0 Å². The first kappa shape index (κ1) is 27.6. The van der Waals surface area contributed by atoms with E-state index in [2.05, 4.69) is 37.4 Å². The van der Waals surface area contributed by atoms with E-state index in [0.717, 1.165) is 11.4 Å². The van der Waals surface area contributed by atoms with Crippen LogP contribution in [0.1, 0.15) is 5.56 Å². The predicted molar refractivity (Wildman–Crippen MR) is 85.0 cm³/mol. The quantitative estimate of drug-likeness (QED) is 0.329. The summed E-state index contributed by atoms with van der Waals surface area (Å²) in [5.74, 6) is 0.841. The van der Waals surface area contributed by atoms with Crippen LogP contribution in [0, 0.1) is 39.3 Å². The first-order valence-electron chi connectivity index (χ1n) is 6.39. The number of benzene rings is 2. The zero-order valence-corrected chi connectivity index (χ0v) is 14.5. The topological polar surface area (TPSA) is 83.0 Å². The fraction of sp³-hybridized carbons (Fsp3) is 0.0526. The largest absolute Gasteiger partial charge is 0 e. The van der Waals surface area contributed by atoms with Crippen LogP contribution in [0.2, 0.25) is 0 Å². The van der Waals surface area contributed by atoms with E-state index in [1.165, 1.54) is 5.56 Å². The molecule has 0 N–H and O–H groups in total. The van der Waals surface area contributed by atoms with Crippen LogP contribution in [0.3, 0.4) is 0 Å². The molecule has 25 heavy (non-hydrogen) atoms. The minimum atomic E-state index is 0. The molecule has 0 aromatic heterocycles. The van der Waals surface area contributed by atoms with Crippen LogP contribution in [-0.4, -0.2) is 7.11 Å². The Morgan fingerprint density at radius 2 is 1.36 bits per heavy atom. The number of hydrogen-bond donors (Lipinski definition) is 0. The summed E-state index contributed by atoms with van der Waals surface area (Å²) in [6.45, 7) is 15.3. The number of hydrogen-bond acceptors (Lipinski definition) is 1. The van der Waals surface area contributed by atoms with E-state index in [9.17, 15) is 0 Å². The minimum Gasteiger partial charge on any atom is 0 e. The molecule has 0 saturated carbocycles. The van der Waals surface area contributed by atoms with E-state index in [0.29, 0.717) is 0 Å². The summed E-state index contributed by atoms with van der Waals surface area (Å²) in [6, 6.07) is 17.8. The molecule has 0 bridgehead atoms. The molecule has 2 aromatic carbocycles. The van der Waals surface area contributed by atoms with Crippen molar-refractivity contribution in [1.29, 1.82) is 0 Å². The van der Waals surface area contributed by atoms with Crippen LogP contribution in [0.15, 0.2) is 54.6 Å². The number of methoxy groups -OCH3 is 1. The Labute approximate surface area is 159 Å². The van der Waals surface area contributed by atoms with E-state index < -0.39 is 0 Å². The van der Waals surface area contributed by atoms with Crippen LogP contribution in [-0.2, 0) is 31.0 Å². The second-order valence-corrected chi connectivity index (χ2v) is 3.75. The second kappa shape index (κ2) is 21.8. The maximum atomic E-state index is 7.50. The Morgan fingerprint density at radius 1 is 0.840 bits per heavy atom. The molecule has 0 aliphatic heterocycles. The first-order chi connectivity index (χ1) is 11.9. The predicted octanol–water partition coefficient (Wildman–Crippen LogP) is 3.43. The fourth-order valence-electron chi connectivity index (χ4n) is 1.52. The van der Waals surface area contributed by atoms with Crippen LogP contribution in [0.5, 0.6) is 5.75 Å². The maximum Gasteiger partial charge on any atom is 0 e.